The van der Waals surface area contributed by atoms with E-state index in [-0.39, 0.29) is 0 Å². The average Bonchev–Trinajstić information content (AvgIpc) is 1.96. The van der Waals surface area contributed by atoms with Crippen LogP contribution in [0.3, 0.4) is 0 Å². The fraction of sp³-hybridized carbons (Fsp3) is 0.286. The van der Waals surface area contributed by atoms with Crippen molar-refractivity contribution in [1.29, 1.82) is 0 Å². The van der Waals surface area contributed by atoms with Gasteiger partial charge < -0.3 is 4.74 Å². The number of hydrogen-bond acceptors (Lipinski definition) is 2. The van der Waals surface area contributed by atoms with Gasteiger partial charge in [0.25, 0.3) is 0 Å². The third-order valence-corrected chi connectivity index (χ3v) is 1.93. The highest BCUT2D eigenvalue weighted by Crippen LogP contribution is 2.17. The molecule has 1 aromatic rings. The molecule has 0 spiro atoms. The summed E-state index contributed by atoms with van der Waals surface area (Å²) < 4.78 is 7.50. The van der Waals surface area contributed by atoms with Crippen LogP contribution in [0.5, 0.6) is 5.75 Å². The van der Waals surface area contributed by atoms with Crippen LogP contribution in [0.2, 0.25) is 0 Å². The first-order valence-corrected chi connectivity index (χ1v) is 3.95. The van der Waals surface area contributed by atoms with Crippen LogP contribution in [0.4, 0.5) is 0 Å². The van der Waals surface area contributed by atoms with Crippen LogP contribution < -0.4 is 15.3 Å². The Morgan fingerprint density at radius 1 is 1.64 bits per heavy atom. The molecule has 1 aromatic heterocycles. The van der Waals surface area contributed by atoms with Gasteiger partial charge in [0.15, 0.2) is 5.75 Å². The minimum absolute atomic E-state index is 0.780. The van der Waals surface area contributed by atoms with E-state index in [0.717, 1.165) is 15.9 Å². The number of hydrogen-bond donors (Lipinski definition) is 1. The van der Waals surface area contributed by atoms with Crippen LogP contribution in [-0.4, -0.2) is 7.11 Å². The molecule has 0 aliphatic heterocycles. The summed E-state index contributed by atoms with van der Waals surface area (Å²) >= 11 is 3.31. The van der Waals surface area contributed by atoms with E-state index in [1.165, 1.54) is 4.68 Å². The number of ether oxygens (including phenoxy) is 1. The number of methoxy groups -OCH3 is 1. The van der Waals surface area contributed by atoms with Gasteiger partial charge in [-0.25, -0.2) is 5.84 Å². The molecular formula is C7H10BrN2O+. The van der Waals surface area contributed by atoms with Gasteiger partial charge in [-0.1, -0.05) is 4.68 Å². The van der Waals surface area contributed by atoms with Gasteiger partial charge in [-0.05, 0) is 15.9 Å². The lowest BCUT2D eigenvalue weighted by molar-refractivity contribution is -0.646. The van der Waals surface area contributed by atoms with E-state index in [1.54, 1.807) is 13.3 Å². The molecule has 0 saturated carbocycles. The van der Waals surface area contributed by atoms with E-state index in [0.29, 0.717) is 0 Å². The Hall–Kier alpha value is -0.770. The zero-order chi connectivity index (χ0) is 8.43. The van der Waals surface area contributed by atoms with Crippen molar-refractivity contribution in [2.45, 2.75) is 6.92 Å². The molecule has 0 bridgehead atoms. The summed E-state index contributed by atoms with van der Waals surface area (Å²) in [5.74, 6) is 6.38. The number of nitrogens with zero attached hydrogens (tertiary/aromatic N) is 1. The molecule has 0 atom stereocenters. The monoisotopic (exact) mass is 217 g/mol. The lowest BCUT2D eigenvalue weighted by Crippen LogP contribution is -2.47. The number of aromatic nitrogens is 1. The molecule has 0 fully saturated rings. The molecule has 1 heterocycles. The summed E-state index contributed by atoms with van der Waals surface area (Å²) in [6.45, 7) is 1.89. The molecule has 0 aliphatic rings. The average molecular weight is 218 g/mol. The Bertz CT molecular complexity index is 275. The van der Waals surface area contributed by atoms with Gasteiger partial charge in [0.05, 0.1) is 11.6 Å². The second kappa shape index (κ2) is 3.09. The van der Waals surface area contributed by atoms with E-state index in [9.17, 15) is 0 Å². The van der Waals surface area contributed by atoms with Crippen molar-refractivity contribution in [3.63, 3.8) is 0 Å². The maximum absolute atomic E-state index is 5.60. The molecule has 2 N–H and O–H groups in total. The maximum Gasteiger partial charge on any atom is 0.249 e. The molecule has 60 valence electrons. The lowest BCUT2D eigenvalue weighted by Gasteiger charge is -2.00. The first-order chi connectivity index (χ1) is 5.15. The van der Waals surface area contributed by atoms with Crippen LogP contribution >= 0.6 is 15.9 Å². The van der Waals surface area contributed by atoms with Crippen LogP contribution in [0.15, 0.2) is 16.7 Å². The molecular weight excluding hydrogens is 208 g/mol. The minimum Gasteiger partial charge on any atom is -0.490 e. The van der Waals surface area contributed by atoms with E-state index in [4.69, 9.17) is 10.6 Å². The second-order valence-electron chi connectivity index (χ2n) is 2.22. The first kappa shape index (κ1) is 8.33. The smallest absolute Gasteiger partial charge is 0.249 e. The molecule has 0 unspecified atom stereocenters. The van der Waals surface area contributed by atoms with Gasteiger partial charge in [-0.3, -0.25) is 0 Å². The van der Waals surface area contributed by atoms with E-state index in [1.807, 2.05) is 13.0 Å². The zero-order valence-corrected chi connectivity index (χ0v) is 8.05. The fourth-order valence-corrected chi connectivity index (χ4v) is 1.26. The lowest BCUT2D eigenvalue weighted by atomic mass is 10.3. The van der Waals surface area contributed by atoms with E-state index in [2.05, 4.69) is 15.9 Å². The number of nitrogens with two attached hydrogens (primary N) is 1. The van der Waals surface area contributed by atoms with Crippen molar-refractivity contribution in [3.8, 4) is 5.75 Å². The number of nitrogen functional groups attached to an aromatic ring is 1. The Morgan fingerprint density at radius 2 is 2.27 bits per heavy atom. The Kier molecular flexibility index (Phi) is 2.34. The van der Waals surface area contributed by atoms with Gasteiger partial charge in [0.1, 0.15) is 0 Å². The molecule has 3 nitrogen and oxygen atoms in total. The molecule has 0 radical (unpaired) electrons. The molecule has 0 amide bonds. The van der Waals surface area contributed by atoms with Crippen molar-refractivity contribution >= 4 is 15.9 Å². The van der Waals surface area contributed by atoms with Crippen molar-refractivity contribution in [3.05, 3.63) is 22.4 Å². The Labute approximate surface area is 73.9 Å². The van der Waals surface area contributed by atoms with Gasteiger partial charge in [0, 0.05) is 13.0 Å². The normalized spacial score (nSPS) is 9.73. The van der Waals surface area contributed by atoms with Gasteiger partial charge in [-0.15, -0.1) is 0 Å². The van der Waals surface area contributed by atoms with E-state index >= 15 is 0 Å². The van der Waals surface area contributed by atoms with Crippen LogP contribution in [0, 0.1) is 6.92 Å². The van der Waals surface area contributed by atoms with Crippen molar-refractivity contribution < 1.29 is 9.41 Å². The minimum atomic E-state index is 0.780. The number of halogens is 1. The third kappa shape index (κ3) is 1.63. The molecule has 1 rings (SSSR count). The third-order valence-electron chi connectivity index (χ3n) is 1.50. The highest BCUT2D eigenvalue weighted by molar-refractivity contribution is 9.10. The summed E-state index contributed by atoms with van der Waals surface area (Å²) in [4.78, 5) is 0. The summed E-state index contributed by atoms with van der Waals surface area (Å²) in [5.41, 5.74) is 0.899. The Morgan fingerprint density at radius 3 is 2.82 bits per heavy atom. The summed E-state index contributed by atoms with van der Waals surface area (Å²) in [6, 6.07) is 1.87. The largest absolute Gasteiger partial charge is 0.490 e. The standard InChI is InChI=1S/C7H10BrN2O/c1-5-7(11-2)3-6(8)4-10(5)9/h3-4H,9H2,1-2H3/q+1. The fourth-order valence-electron chi connectivity index (χ4n) is 0.831. The number of pyridine rings is 1. The predicted octanol–water partition coefficient (Wildman–Crippen LogP) is 0.767. The highest BCUT2D eigenvalue weighted by Gasteiger charge is 2.10. The molecule has 11 heavy (non-hydrogen) atoms. The van der Waals surface area contributed by atoms with Gasteiger partial charge in [0.2, 0.25) is 11.9 Å². The van der Waals surface area contributed by atoms with Crippen LogP contribution in [0.1, 0.15) is 5.69 Å². The maximum atomic E-state index is 5.60. The van der Waals surface area contributed by atoms with Crippen molar-refractivity contribution in [2.24, 2.45) is 0 Å². The summed E-state index contributed by atoms with van der Waals surface area (Å²) in [6.07, 6.45) is 1.78. The Balaban J connectivity index is 3.24. The van der Waals surface area contributed by atoms with Gasteiger partial charge >= 0.3 is 0 Å². The van der Waals surface area contributed by atoms with Crippen LogP contribution in [-0.2, 0) is 0 Å². The number of rotatable bonds is 1. The molecule has 0 saturated heterocycles. The molecule has 0 aliphatic carbocycles. The summed E-state index contributed by atoms with van der Waals surface area (Å²) in [7, 11) is 1.62. The predicted molar refractivity (Wildman–Crippen MR) is 45.8 cm³/mol. The highest BCUT2D eigenvalue weighted by atomic mass is 79.9. The zero-order valence-electron chi connectivity index (χ0n) is 6.47. The summed E-state index contributed by atoms with van der Waals surface area (Å²) in [5, 5.41) is 0. The van der Waals surface area contributed by atoms with Crippen molar-refractivity contribution in [1.82, 2.24) is 0 Å². The van der Waals surface area contributed by atoms with E-state index < -0.39 is 0 Å². The first-order valence-electron chi connectivity index (χ1n) is 3.16. The SMILES string of the molecule is COc1cc(Br)c[n+](N)c1C. The van der Waals surface area contributed by atoms with Gasteiger partial charge in [-0.2, -0.15) is 0 Å². The molecule has 4 heteroatoms. The molecule has 0 aromatic carbocycles. The second-order valence-corrected chi connectivity index (χ2v) is 3.14. The quantitative estimate of drug-likeness (QED) is 0.558. The van der Waals surface area contributed by atoms with Crippen LogP contribution in [0.25, 0.3) is 0 Å². The topological polar surface area (TPSA) is 39.1 Å². The van der Waals surface area contributed by atoms with Crippen molar-refractivity contribution in [2.75, 3.05) is 13.0 Å².